The molecule has 0 aliphatic heterocycles. The minimum absolute atomic E-state index is 0.116. The Morgan fingerprint density at radius 2 is 2.21 bits per heavy atom. The van der Waals surface area contributed by atoms with Crippen LogP contribution in [0.15, 0.2) is 30.9 Å². The third kappa shape index (κ3) is 1.78. The summed E-state index contributed by atoms with van der Waals surface area (Å²) in [7, 11) is 0. The molecule has 1 fully saturated rings. The summed E-state index contributed by atoms with van der Waals surface area (Å²) in [4.78, 5) is 8.69. The molecule has 1 saturated carbocycles. The molecule has 2 aromatic rings. The van der Waals surface area contributed by atoms with Crippen LogP contribution in [0.5, 0.6) is 0 Å². The number of hydrogen-bond acceptors (Lipinski definition) is 3. The molecule has 98 valence electrons. The number of aliphatic hydroxyl groups excluding tert-OH is 1. The van der Waals surface area contributed by atoms with Gasteiger partial charge in [-0.1, -0.05) is 6.07 Å². The van der Waals surface area contributed by atoms with E-state index in [-0.39, 0.29) is 5.92 Å². The fourth-order valence-corrected chi connectivity index (χ4v) is 3.16. The summed E-state index contributed by atoms with van der Waals surface area (Å²) in [6.45, 7) is 0. The number of hydrogen-bond donors (Lipinski definition) is 1. The second-order valence-electron chi connectivity index (χ2n) is 5.59. The van der Waals surface area contributed by atoms with Crippen molar-refractivity contribution in [2.75, 3.05) is 0 Å². The molecule has 0 spiro atoms. The number of fused-ring (bicyclic) bond motifs is 1. The molecule has 4 nitrogen and oxygen atoms in total. The van der Waals surface area contributed by atoms with Crippen molar-refractivity contribution in [2.45, 2.75) is 43.7 Å². The topological polar surface area (TPSA) is 50.9 Å². The minimum Gasteiger partial charge on any atom is -0.386 e. The van der Waals surface area contributed by atoms with E-state index in [0.717, 1.165) is 24.2 Å². The Morgan fingerprint density at radius 3 is 3.05 bits per heavy atom. The van der Waals surface area contributed by atoms with E-state index in [9.17, 15) is 5.11 Å². The first kappa shape index (κ1) is 11.2. The van der Waals surface area contributed by atoms with Crippen molar-refractivity contribution in [2.24, 2.45) is 0 Å². The number of nitrogens with zero attached hydrogens (tertiary/aromatic N) is 3. The molecule has 0 radical (unpaired) electrons. The average Bonchev–Trinajstić information content (AvgIpc) is 3.03. The predicted molar refractivity (Wildman–Crippen MR) is 70.8 cm³/mol. The summed E-state index contributed by atoms with van der Waals surface area (Å²) < 4.78 is 2.14. The molecule has 0 aromatic carbocycles. The van der Waals surface area contributed by atoms with E-state index in [0.29, 0.717) is 6.04 Å². The van der Waals surface area contributed by atoms with Gasteiger partial charge in [-0.2, -0.15) is 0 Å². The smallest absolute Gasteiger partial charge is 0.104 e. The molecule has 2 atom stereocenters. The van der Waals surface area contributed by atoms with Gasteiger partial charge in [0.15, 0.2) is 0 Å². The standard InChI is InChI=1S/C15H17N3O/c19-15(13-8-16-9-18(13)11-4-5-11)12-6-3-10-2-1-7-17-14(10)12/h1-2,7-9,11-12,15,19H,3-6H2. The van der Waals surface area contributed by atoms with E-state index >= 15 is 0 Å². The molecule has 2 aliphatic carbocycles. The minimum atomic E-state index is -0.487. The van der Waals surface area contributed by atoms with E-state index in [1.807, 2.05) is 24.8 Å². The highest BCUT2D eigenvalue weighted by atomic mass is 16.3. The van der Waals surface area contributed by atoms with E-state index in [2.05, 4.69) is 20.6 Å². The van der Waals surface area contributed by atoms with Gasteiger partial charge in [0.2, 0.25) is 0 Å². The van der Waals surface area contributed by atoms with E-state index in [4.69, 9.17) is 0 Å². The van der Waals surface area contributed by atoms with Crippen LogP contribution in [0.4, 0.5) is 0 Å². The zero-order chi connectivity index (χ0) is 12.8. The normalized spacial score (nSPS) is 23.3. The van der Waals surface area contributed by atoms with Gasteiger partial charge in [-0.3, -0.25) is 4.98 Å². The van der Waals surface area contributed by atoms with Crippen molar-refractivity contribution in [3.63, 3.8) is 0 Å². The number of rotatable bonds is 3. The molecule has 0 bridgehead atoms. The summed E-state index contributed by atoms with van der Waals surface area (Å²) >= 11 is 0. The van der Waals surface area contributed by atoms with Gasteiger partial charge < -0.3 is 9.67 Å². The van der Waals surface area contributed by atoms with Crippen molar-refractivity contribution < 1.29 is 5.11 Å². The van der Waals surface area contributed by atoms with E-state index in [1.54, 1.807) is 0 Å². The Bertz CT molecular complexity index is 603. The number of imidazole rings is 1. The van der Waals surface area contributed by atoms with Crippen LogP contribution in [0.2, 0.25) is 0 Å². The maximum absolute atomic E-state index is 10.7. The number of aromatic nitrogens is 3. The fraction of sp³-hybridized carbons (Fsp3) is 0.467. The largest absolute Gasteiger partial charge is 0.386 e. The first-order chi connectivity index (χ1) is 9.34. The quantitative estimate of drug-likeness (QED) is 0.916. The lowest BCUT2D eigenvalue weighted by molar-refractivity contribution is 0.134. The molecule has 2 aliphatic rings. The molecule has 4 heteroatoms. The summed E-state index contributed by atoms with van der Waals surface area (Å²) in [5.74, 6) is 0.116. The maximum Gasteiger partial charge on any atom is 0.104 e. The Labute approximate surface area is 112 Å². The third-order valence-electron chi connectivity index (χ3n) is 4.32. The molecule has 1 N–H and O–H groups in total. The molecule has 2 aromatic heterocycles. The van der Waals surface area contributed by atoms with Crippen LogP contribution in [-0.4, -0.2) is 19.6 Å². The van der Waals surface area contributed by atoms with Gasteiger partial charge in [-0.15, -0.1) is 0 Å². The van der Waals surface area contributed by atoms with Crippen molar-refractivity contribution in [1.82, 2.24) is 14.5 Å². The van der Waals surface area contributed by atoms with Gasteiger partial charge in [0, 0.05) is 23.9 Å². The lowest BCUT2D eigenvalue weighted by atomic mass is 9.97. The zero-order valence-electron chi connectivity index (χ0n) is 10.7. The van der Waals surface area contributed by atoms with Crippen LogP contribution in [0.1, 0.15) is 54.3 Å². The summed E-state index contributed by atoms with van der Waals surface area (Å²) in [5.41, 5.74) is 3.30. The lowest BCUT2D eigenvalue weighted by Gasteiger charge is -2.19. The van der Waals surface area contributed by atoms with Gasteiger partial charge in [-0.25, -0.2) is 4.98 Å². The fourth-order valence-electron chi connectivity index (χ4n) is 3.16. The van der Waals surface area contributed by atoms with Crippen LogP contribution in [0.25, 0.3) is 0 Å². The highest BCUT2D eigenvalue weighted by Gasteiger charge is 2.34. The molecule has 4 rings (SSSR count). The molecular formula is C15H17N3O. The lowest BCUT2D eigenvalue weighted by Crippen LogP contribution is -2.13. The highest BCUT2D eigenvalue weighted by molar-refractivity contribution is 5.31. The van der Waals surface area contributed by atoms with E-state index < -0.39 is 6.10 Å². The van der Waals surface area contributed by atoms with Crippen molar-refractivity contribution in [3.05, 3.63) is 47.8 Å². The monoisotopic (exact) mass is 255 g/mol. The Kier molecular flexibility index (Phi) is 2.45. The second kappa shape index (κ2) is 4.17. The van der Waals surface area contributed by atoms with Crippen molar-refractivity contribution in [3.8, 4) is 0 Å². The average molecular weight is 255 g/mol. The Balaban J connectivity index is 1.68. The van der Waals surface area contributed by atoms with Gasteiger partial charge >= 0.3 is 0 Å². The number of aliphatic hydroxyl groups is 1. The molecule has 0 amide bonds. The first-order valence-electron chi connectivity index (χ1n) is 6.98. The SMILES string of the molecule is OC(c1cncn1C1CC1)C1CCc2cccnc21. The predicted octanol–water partition coefficient (Wildman–Crippen LogP) is 2.38. The Morgan fingerprint density at radius 1 is 1.32 bits per heavy atom. The highest BCUT2D eigenvalue weighted by Crippen LogP contribution is 2.43. The molecule has 19 heavy (non-hydrogen) atoms. The summed E-state index contributed by atoms with van der Waals surface area (Å²) in [6.07, 6.45) is 9.40. The Hall–Kier alpha value is -1.68. The third-order valence-corrected chi connectivity index (χ3v) is 4.32. The first-order valence-corrected chi connectivity index (χ1v) is 6.98. The molecule has 0 saturated heterocycles. The number of pyridine rings is 1. The summed E-state index contributed by atoms with van der Waals surface area (Å²) in [6, 6.07) is 4.65. The number of aryl methyl sites for hydroxylation is 1. The van der Waals surface area contributed by atoms with Gasteiger partial charge in [0.05, 0.1) is 18.2 Å². The van der Waals surface area contributed by atoms with E-state index in [1.165, 1.54) is 18.4 Å². The van der Waals surface area contributed by atoms with Gasteiger partial charge in [-0.05, 0) is 37.3 Å². The molecule has 2 heterocycles. The van der Waals surface area contributed by atoms with Gasteiger partial charge in [0.1, 0.15) is 6.10 Å². The maximum atomic E-state index is 10.7. The van der Waals surface area contributed by atoms with Crippen molar-refractivity contribution >= 4 is 0 Å². The van der Waals surface area contributed by atoms with Crippen LogP contribution in [-0.2, 0) is 6.42 Å². The van der Waals surface area contributed by atoms with Crippen LogP contribution < -0.4 is 0 Å². The van der Waals surface area contributed by atoms with Crippen molar-refractivity contribution in [1.29, 1.82) is 0 Å². The summed E-state index contributed by atoms with van der Waals surface area (Å²) in [5, 5.41) is 10.7. The van der Waals surface area contributed by atoms with Gasteiger partial charge in [0.25, 0.3) is 0 Å². The molecule has 2 unspecified atom stereocenters. The van der Waals surface area contributed by atoms with Crippen LogP contribution >= 0.6 is 0 Å². The van der Waals surface area contributed by atoms with Crippen LogP contribution in [0.3, 0.4) is 0 Å². The molecular weight excluding hydrogens is 238 g/mol. The zero-order valence-corrected chi connectivity index (χ0v) is 10.7. The van der Waals surface area contributed by atoms with Crippen LogP contribution in [0, 0.1) is 0 Å². The second-order valence-corrected chi connectivity index (χ2v) is 5.59.